The molecular formula is C21H31F3O4. The predicted octanol–water partition coefficient (Wildman–Crippen LogP) is 4.55. The predicted molar refractivity (Wildman–Crippen MR) is 97.5 cm³/mol. The van der Waals surface area contributed by atoms with Crippen molar-refractivity contribution in [1.29, 1.82) is 0 Å². The number of ether oxygens (including phenoxy) is 2. The summed E-state index contributed by atoms with van der Waals surface area (Å²) in [6.45, 7) is 8.81. The molecular weight excluding hydrogens is 373 g/mol. The van der Waals surface area contributed by atoms with Gasteiger partial charge in [-0.3, -0.25) is 0 Å². The lowest BCUT2D eigenvalue weighted by molar-refractivity contribution is -0.294. The lowest BCUT2D eigenvalue weighted by Gasteiger charge is -2.65. The van der Waals surface area contributed by atoms with E-state index in [0.29, 0.717) is 23.8 Å². The SMILES string of the molecule is C=C(C)C(=O)OC12CC3CC(C1)CC(C(C)(C)OCC(C)(O)C(F)(F)F)(C3)C2. The van der Waals surface area contributed by atoms with Gasteiger partial charge in [-0.15, -0.1) is 0 Å². The number of hydrogen-bond donors (Lipinski definition) is 1. The Hall–Kier alpha value is -1.08. The fourth-order valence-corrected chi connectivity index (χ4v) is 5.84. The average molecular weight is 404 g/mol. The maximum atomic E-state index is 13.1. The van der Waals surface area contributed by atoms with Crippen molar-refractivity contribution in [3.63, 3.8) is 0 Å². The molecule has 4 aliphatic carbocycles. The molecule has 0 radical (unpaired) electrons. The third-order valence-electron chi connectivity index (χ3n) is 7.27. The summed E-state index contributed by atoms with van der Waals surface area (Å²) in [7, 11) is 0. The fraction of sp³-hybridized carbons (Fsp3) is 0.857. The van der Waals surface area contributed by atoms with Gasteiger partial charge in [0.05, 0.1) is 12.2 Å². The zero-order valence-corrected chi connectivity index (χ0v) is 17.1. The van der Waals surface area contributed by atoms with E-state index in [4.69, 9.17) is 9.47 Å². The molecule has 3 unspecified atom stereocenters. The van der Waals surface area contributed by atoms with E-state index < -0.39 is 35.6 Å². The van der Waals surface area contributed by atoms with Crippen molar-refractivity contribution in [2.75, 3.05) is 6.61 Å². The van der Waals surface area contributed by atoms with Gasteiger partial charge in [0.2, 0.25) is 0 Å². The van der Waals surface area contributed by atoms with Crippen LogP contribution in [0.5, 0.6) is 0 Å². The molecule has 0 aliphatic heterocycles. The van der Waals surface area contributed by atoms with E-state index in [1.165, 1.54) is 0 Å². The molecule has 3 atom stereocenters. The first kappa shape index (κ1) is 21.6. The number of esters is 1. The molecule has 0 spiro atoms. The van der Waals surface area contributed by atoms with Crippen LogP contribution in [0, 0.1) is 17.3 Å². The summed E-state index contributed by atoms with van der Waals surface area (Å²) >= 11 is 0. The molecule has 0 heterocycles. The van der Waals surface area contributed by atoms with Gasteiger partial charge in [0, 0.05) is 11.0 Å². The Morgan fingerprint density at radius 1 is 1.14 bits per heavy atom. The molecule has 4 bridgehead atoms. The Morgan fingerprint density at radius 3 is 2.14 bits per heavy atom. The Balaban J connectivity index is 1.82. The van der Waals surface area contributed by atoms with Crippen LogP contribution >= 0.6 is 0 Å². The molecule has 4 rings (SSSR count). The van der Waals surface area contributed by atoms with E-state index in [1.54, 1.807) is 20.8 Å². The van der Waals surface area contributed by atoms with Crippen LogP contribution in [0.1, 0.15) is 66.2 Å². The van der Waals surface area contributed by atoms with Crippen molar-refractivity contribution in [3.05, 3.63) is 12.2 Å². The van der Waals surface area contributed by atoms with E-state index in [2.05, 4.69) is 6.58 Å². The molecule has 28 heavy (non-hydrogen) atoms. The highest BCUT2D eigenvalue weighted by molar-refractivity contribution is 5.87. The summed E-state index contributed by atoms with van der Waals surface area (Å²) < 4.78 is 50.8. The van der Waals surface area contributed by atoms with Crippen molar-refractivity contribution in [2.45, 2.75) is 89.2 Å². The van der Waals surface area contributed by atoms with E-state index in [-0.39, 0.29) is 5.41 Å². The second kappa shape index (κ2) is 6.46. The van der Waals surface area contributed by atoms with Gasteiger partial charge < -0.3 is 14.6 Å². The van der Waals surface area contributed by atoms with E-state index in [1.807, 2.05) is 0 Å². The second-order valence-electron chi connectivity index (χ2n) is 10.2. The number of carbonyl (C=O) groups is 1. The summed E-state index contributed by atoms with van der Waals surface area (Å²) in [4.78, 5) is 12.2. The molecule has 0 amide bonds. The maximum Gasteiger partial charge on any atom is 0.419 e. The first-order chi connectivity index (χ1) is 12.6. The van der Waals surface area contributed by atoms with Crippen LogP contribution in [0.3, 0.4) is 0 Å². The molecule has 7 heteroatoms. The van der Waals surface area contributed by atoms with Crippen molar-refractivity contribution >= 4 is 5.97 Å². The zero-order chi connectivity index (χ0) is 21.2. The Labute approximate surface area is 164 Å². The smallest absolute Gasteiger partial charge is 0.419 e. The van der Waals surface area contributed by atoms with Crippen LogP contribution in [0.4, 0.5) is 13.2 Å². The molecule has 0 aromatic carbocycles. The molecule has 4 saturated carbocycles. The summed E-state index contributed by atoms with van der Waals surface area (Å²) in [5, 5.41) is 9.80. The first-order valence-corrected chi connectivity index (χ1v) is 9.92. The topological polar surface area (TPSA) is 55.8 Å². The van der Waals surface area contributed by atoms with Gasteiger partial charge in [0.1, 0.15) is 5.60 Å². The summed E-state index contributed by atoms with van der Waals surface area (Å²) in [6, 6.07) is 0. The van der Waals surface area contributed by atoms with Crippen LogP contribution in [-0.4, -0.2) is 40.7 Å². The van der Waals surface area contributed by atoms with Crippen molar-refractivity contribution in [3.8, 4) is 0 Å². The Kier molecular flexibility index (Phi) is 4.99. The minimum atomic E-state index is -4.76. The molecule has 160 valence electrons. The highest BCUT2D eigenvalue weighted by atomic mass is 19.4. The number of halogens is 3. The van der Waals surface area contributed by atoms with Crippen LogP contribution in [0.2, 0.25) is 0 Å². The van der Waals surface area contributed by atoms with Crippen LogP contribution in [0.25, 0.3) is 0 Å². The van der Waals surface area contributed by atoms with Crippen molar-refractivity contribution < 1.29 is 32.5 Å². The standard InChI is InChI=1S/C21H31F3O4/c1-13(2)16(25)28-20-9-14-6-15(10-20)8-19(7-14,11-20)17(3,4)27-12-18(5,26)21(22,23)24/h14-15,26H,1,6-12H2,2-5H3. The van der Waals surface area contributed by atoms with Crippen LogP contribution in [0.15, 0.2) is 12.2 Å². The minimum Gasteiger partial charge on any atom is -0.456 e. The van der Waals surface area contributed by atoms with Crippen LogP contribution < -0.4 is 0 Å². The molecule has 0 saturated heterocycles. The lowest BCUT2D eigenvalue weighted by Crippen LogP contribution is -2.64. The van der Waals surface area contributed by atoms with Gasteiger partial charge in [-0.25, -0.2) is 4.79 Å². The van der Waals surface area contributed by atoms with Gasteiger partial charge in [-0.1, -0.05) is 6.58 Å². The van der Waals surface area contributed by atoms with Crippen molar-refractivity contribution in [1.82, 2.24) is 0 Å². The second-order valence-corrected chi connectivity index (χ2v) is 10.2. The molecule has 4 nitrogen and oxygen atoms in total. The molecule has 1 N–H and O–H groups in total. The highest BCUT2D eigenvalue weighted by Gasteiger charge is 2.65. The van der Waals surface area contributed by atoms with Gasteiger partial charge in [-0.05, 0) is 78.1 Å². The summed E-state index contributed by atoms with van der Waals surface area (Å²) in [6.07, 6.45) is 0.149. The first-order valence-electron chi connectivity index (χ1n) is 9.92. The van der Waals surface area contributed by atoms with E-state index in [0.717, 1.165) is 39.0 Å². The molecule has 0 aromatic heterocycles. The average Bonchev–Trinajstić information content (AvgIpc) is 2.50. The number of alkyl halides is 3. The van der Waals surface area contributed by atoms with E-state index in [9.17, 15) is 23.1 Å². The van der Waals surface area contributed by atoms with E-state index >= 15 is 0 Å². The molecule has 4 fully saturated rings. The number of carbonyl (C=O) groups excluding carboxylic acids is 1. The number of aliphatic hydroxyl groups is 1. The zero-order valence-electron chi connectivity index (χ0n) is 17.1. The number of hydrogen-bond acceptors (Lipinski definition) is 4. The third kappa shape index (κ3) is 3.60. The quantitative estimate of drug-likeness (QED) is 0.521. The largest absolute Gasteiger partial charge is 0.456 e. The third-order valence-corrected chi connectivity index (χ3v) is 7.27. The minimum absolute atomic E-state index is 0.349. The summed E-state index contributed by atoms with van der Waals surface area (Å²) in [5.74, 6) is 0.325. The van der Waals surface area contributed by atoms with Gasteiger partial charge in [0.25, 0.3) is 0 Å². The Morgan fingerprint density at radius 2 is 1.68 bits per heavy atom. The molecule has 0 aromatic rings. The van der Waals surface area contributed by atoms with Crippen LogP contribution in [-0.2, 0) is 14.3 Å². The van der Waals surface area contributed by atoms with Crippen molar-refractivity contribution in [2.24, 2.45) is 17.3 Å². The monoisotopic (exact) mass is 404 g/mol. The van der Waals surface area contributed by atoms with Gasteiger partial charge >= 0.3 is 12.1 Å². The fourth-order valence-electron chi connectivity index (χ4n) is 5.84. The molecule has 4 aliphatic rings. The number of rotatable bonds is 6. The normalized spacial score (nSPS) is 36.9. The van der Waals surface area contributed by atoms with Gasteiger partial charge in [0.15, 0.2) is 5.60 Å². The summed E-state index contributed by atoms with van der Waals surface area (Å²) in [5.41, 5.74) is -4.42. The Bertz CT molecular complexity index is 651. The lowest BCUT2D eigenvalue weighted by atomic mass is 9.44. The van der Waals surface area contributed by atoms with Gasteiger partial charge in [-0.2, -0.15) is 13.2 Å². The highest BCUT2D eigenvalue weighted by Crippen LogP contribution is 2.66. The maximum absolute atomic E-state index is 13.1.